The maximum absolute atomic E-state index is 12.4. The topological polar surface area (TPSA) is 40.6 Å². The lowest BCUT2D eigenvalue weighted by Gasteiger charge is -2.36. The summed E-state index contributed by atoms with van der Waals surface area (Å²) in [6.45, 7) is 15.3. The summed E-state index contributed by atoms with van der Waals surface area (Å²) in [5.41, 5.74) is 1.15. The Morgan fingerprint density at radius 3 is 2.24 bits per heavy atom. The number of rotatable bonds is 6. The number of hydrogen-bond donors (Lipinski definition) is 0. The molecular formula is C20H32N2O2S. The summed E-state index contributed by atoms with van der Waals surface area (Å²) in [5.74, 6) is 0.215. The first-order valence-corrected chi connectivity index (χ1v) is 10.1. The van der Waals surface area contributed by atoms with Crippen molar-refractivity contribution in [2.24, 2.45) is 5.41 Å². The highest BCUT2D eigenvalue weighted by Gasteiger charge is 2.23. The van der Waals surface area contributed by atoms with Gasteiger partial charge in [0, 0.05) is 54.3 Å². The van der Waals surface area contributed by atoms with Crippen LogP contribution in [0, 0.1) is 19.3 Å². The summed E-state index contributed by atoms with van der Waals surface area (Å²) in [4.78, 5) is 31.3. The van der Waals surface area contributed by atoms with Gasteiger partial charge in [0.1, 0.15) is 0 Å². The van der Waals surface area contributed by atoms with Crippen molar-refractivity contribution in [3.63, 3.8) is 0 Å². The van der Waals surface area contributed by atoms with Gasteiger partial charge in [-0.25, -0.2) is 0 Å². The SMILES string of the molecule is Cc1cc(C(=O)CCC(=O)N2CCN(CCC(C)(C)C)CC2)c(C)s1. The minimum atomic E-state index is 0.0963. The summed E-state index contributed by atoms with van der Waals surface area (Å²) in [7, 11) is 0. The van der Waals surface area contributed by atoms with Crippen molar-refractivity contribution in [2.75, 3.05) is 32.7 Å². The quantitative estimate of drug-likeness (QED) is 0.719. The molecule has 1 fully saturated rings. The first kappa shape index (κ1) is 20.1. The van der Waals surface area contributed by atoms with Crippen LogP contribution in [0.25, 0.3) is 0 Å². The van der Waals surface area contributed by atoms with E-state index in [2.05, 4.69) is 25.7 Å². The molecule has 1 aromatic heterocycles. The number of Topliss-reactive ketones (excluding diaryl/α,β-unsaturated/α-hetero) is 1. The van der Waals surface area contributed by atoms with Crippen LogP contribution in [0.4, 0.5) is 0 Å². The zero-order chi connectivity index (χ0) is 18.6. The standard InChI is InChI=1S/C20H32N2O2S/c1-15-14-17(16(2)25-15)18(23)6-7-19(24)22-12-10-21(11-13-22)9-8-20(3,4)5/h14H,6-13H2,1-5H3. The van der Waals surface area contributed by atoms with Crippen molar-refractivity contribution < 1.29 is 9.59 Å². The van der Waals surface area contributed by atoms with Crippen LogP contribution in [0.5, 0.6) is 0 Å². The molecule has 0 saturated carbocycles. The third-order valence-electron chi connectivity index (χ3n) is 4.81. The Morgan fingerprint density at radius 1 is 1.08 bits per heavy atom. The summed E-state index contributed by atoms with van der Waals surface area (Å²) in [5, 5.41) is 0. The second kappa shape index (κ2) is 8.45. The largest absolute Gasteiger partial charge is 0.340 e. The maximum Gasteiger partial charge on any atom is 0.223 e. The minimum absolute atomic E-state index is 0.0963. The third-order valence-corrected chi connectivity index (χ3v) is 5.78. The highest BCUT2D eigenvalue weighted by atomic mass is 32.1. The molecule has 4 nitrogen and oxygen atoms in total. The van der Waals surface area contributed by atoms with E-state index in [9.17, 15) is 9.59 Å². The molecule has 1 aliphatic heterocycles. The molecule has 1 amide bonds. The van der Waals surface area contributed by atoms with Crippen LogP contribution in [0.2, 0.25) is 0 Å². The van der Waals surface area contributed by atoms with Gasteiger partial charge in [-0.3, -0.25) is 14.5 Å². The van der Waals surface area contributed by atoms with Crippen molar-refractivity contribution in [1.29, 1.82) is 0 Å². The molecule has 5 heteroatoms. The predicted molar refractivity (Wildman–Crippen MR) is 104 cm³/mol. The van der Waals surface area contributed by atoms with Crippen molar-refractivity contribution in [2.45, 2.75) is 53.9 Å². The predicted octanol–water partition coefficient (Wildman–Crippen LogP) is 3.91. The molecule has 1 aromatic rings. The normalized spacial score (nSPS) is 16.3. The van der Waals surface area contributed by atoms with E-state index in [0.29, 0.717) is 18.3 Å². The van der Waals surface area contributed by atoms with Crippen LogP contribution < -0.4 is 0 Å². The molecule has 0 bridgehead atoms. The average molecular weight is 365 g/mol. The van der Waals surface area contributed by atoms with E-state index < -0.39 is 0 Å². The van der Waals surface area contributed by atoms with Gasteiger partial charge in [0.15, 0.2) is 5.78 Å². The van der Waals surface area contributed by atoms with Gasteiger partial charge in [-0.2, -0.15) is 0 Å². The van der Waals surface area contributed by atoms with E-state index in [-0.39, 0.29) is 11.7 Å². The highest BCUT2D eigenvalue weighted by Crippen LogP contribution is 2.23. The zero-order valence-electron chi connectivity index (χ0n) is 16.4. The molecule has 0 atom stereocenters. The maximum atomic E-state index is 12.4. The third kappa shape index (κ3) is 6.23. The number of thiophene rings is 1. The molecule has 1 saturated heterocycles. The molecule has 140 valence electrons. The van der Waals surface area contributed by atoms with Gasteiger partial charge in [0.25, 0.3) is 0 Å². The van der Waals surface area contributed by atoms with Crippen molar-refractivity contribution in [3.05, 3.63) is 21.4 Å². The molecule has 0 aliphatic carbocycles. The average Bonchev–Trinajstić information content (AvgIpc) is 2.88. The van der Waals surface area contributed by atoms with Crippen molar-refractivity contribution in [1.82, 2.24) is 9.80 Å². The van der Waals surface area contributed by atoms with Gasteiger partial charge in [0.05, 0.1) is 0 Å². The lowest BCUT2D eigenvalue weighted by molar-refractivity contribution is -0.132. The first-order chi connectivity index (χ1) is 11.7. The molecule has 2 rings (SSSR count). The number of carbonyl (C=O) groups excluding carboxylic acids is 2. The molecule has 0 spiro atoms. The molecule has 0 aromatic carbocycles. The van der Waals surface area contributed by atoms with Crippen molar-refractivity contribution in [3.8, 4) is 0 Å². The Bertz CT molecular complexity index is 608. The Kier molecular flexibility index (Phi) is 6.80. The number of nitrogens with zero attached hydrogens (tertiary/aromatic N) is 2. The summed E-state index contributed by atoms with van der Waals surface area (Å²) in [6.07, 6.45) is 1.82. The van der Waals surface area contributed by atoms with E-state index >= 15 is 0 Å². The first-order valence-electron chi connectivity index (χ1n) is 9.26. The molecule has 0 unspecified atom stereocenters. The van der Waals surface area contributed by atoms with E-state index in [0.717, 1.165) is 48.0 Å². The monoisotopic (exact) mass is 364 g/mol. The van der Waals surface area contributed by atoms with Crippen LogP contribution in [0.15, 0.2) is 6.07 Å². The fourth-order valence-electron chi connectivity index (χ4n) is 3.14. The molecule has 2 heterocycles. The van der Waals surface area contributed by atoms with Gasteiger partial charge in [-0.05, 0) is 38.3 Å². The fourth-order valence-corrected chi connectivity index (χ4v) is 4.08. The van der Waals surface area contributed by atoms with Gasteiger partial charge in [-0.15, -0.1) is 11.3 Å². The van der Waals surface area contributed by atoms with E-state index in [1.807, 2.05) is 24.8 Å². The number of ketones is 1. The second-order valence-corrected chi connectivity index (χ2v) is 9.74. The van der Waals surface area contributed by atoms with Gasteiger partial charge >= 0.3 is 0 Å². The number of hydrogen-bond acceptors (Lipinski definition) is 4. The molecule has 1 aliphatic rings. The summed E-state index contributed by atoms with van der Waals surface area (Å²) >= 11 is 1.64. The highest BCUT2D eigenvalue weighted by molar-refractivity contribution is 7.12. The van der Waals surface area contributed by atoms with E-state index in [4.69, 9.17) is 0 Å². The summed E-state index contributed by atoms with van der Waals surface area (Å²) in [6, 6.07) is 1.95. The van der Waals surface area contributed by atoms with E-state index in [1.165, 1.54) is 6.42 Å². The van der Waals surface area contributed by atoms with E-state index in [1.54, 1.807) is 11.3 Å². The van der Waals surface area contributed by atoms with Crippen molar-refractivity contribution >= 4 is 23.0 Å². The van der Waals surface area contributed by atoms with Gasteiger partial charge < -0.3 is 4.90 Å². The fraction of sp³-hybridized carbons (Fsp3) is 0.700. The second-order valence-electron chi connectivity index (χ2n) is 8.28. The Morgan fingerprint density at radius 2 is 1.72 bits per heavy atom. The van der Waals surface area contributed by atoms with Crippen LogP contribution in [0.1, 0.15) is 60.1 Å². The number of piperazine rings is 1. The number of aryl methyl sites for hydroxylation is 2. The minimum Gasteiger partial charge on any atom is -0.340 e. The Balaban J connectivity index is 1.74. The number of carbonyl (C=O) groups is 2. The Hall–Kier alpha value is -1.20. The Labute approximate surface area is 156 Å². The molecule has 0 N–H and O–H groups in total. The zero-order valence-corrected chi connectivity index (χ0v) is 17.2. The number of amides is 1. The van der Waals surface area contributed by atoms with Crippen LogP contribution in [-0.4, -0.2) is 54.2 Å². The molecule has 0 radical (unpaired) electrons. The lowest BCUT2D eigenvalue weighted by Crippen LogP contribution is -2.49. The van der Waals surface area contributed by atoms with Gasteiger partial charge in [0.2, 0.25) is 5.91 Å². The smallest absolute Gasteiger partial charge is 0.223 e. The summed E-state index contributed by atoms with van der Waals surface area (Å²) < 4.78 is 0. The van der Waals surface area contributed by atoms with Crippen LogP contribution in [-0.2, 0) is 4.79 Å². The molecular weight excluding hydrogens is 332 g/mol. The van der Waals surface area contributed by atoms with Gasteiger partial charge in [-0.1, -0.05) is 20.8 Å². The van der Waals surface area contributed by atoms with Crippen LogP contribution in [0.3, 0.4) is 0 Å². The molecule has 25 heavy (non-hydrogen) atoms. The van der Waals surface area contributed by atoms with Crippen LogP contribution >= 0.6 is 11.3 Å². The lowest BCUT2D eigenvalue weighted by atomic mass is 9.92.